The Kier molecular flexibility index (Phi) is 8.10. The van der Waals surface area contributed by atoms with Gasteiger partial charge in [0.05, 0.1) is 6.10 Å². The third kappa shape index (κ3) is 5.82. The summed E-state index contributed by atoms with van der Waals surface area (Å²) in [7, 11) is 0. The number of nitrogens with zero attached hydrogens (tertiary/aromatic N) is 1. The smallest absolute Gasteiger partial charge is 0.191 e. The molecule has 0 radical (unpaired) electrons. The number of hydrogen-bond donors (Lipinski definition) is 2. The fourth-order valence-electron chi connectivity index (χ4n) is 3.09. The lowest BCUT2D eigenvalue weighted by atomic mass is 9.89. The van der Waals surface area contributed by atoms with Crippen LogP contribution in [0.25, 0.3) is 0 Å². The number of rotatable bonds is 7. The van der Waals surface area contributed by atoms with Crippen LogP contribution in [0, 0.1) is 12.8 Å². The van der Waals surface area contributed by atoms with Crippen LogP contribution in [0.4, 0.5) is 0 Å². The van der Waals surface area contributed by atoms with Crippen LogP contribution in [0.2, 0.25) is 0 Å². The maximum absolute atomic E-state index is 6.10. The van der Waals surface area contributed by atoms with E-state index >= 15 is 0 Å². The van der Waals surface area contributed by atoms with Crippen molar-refractivity contribution in [3.63, 3.8) is 0 Å². The van der Waals surface area contributed by atoms with Gasteiger partial charge < -0.3 is 15.4 Å². The van der Waals surface area contributed by atoms with Crippen LogP contribution in [0.1, 0.15) is 56.8 Å². The molecule has 1 aliphatic heterocycles. The molecule has 0 saturated carbocycles. The van der Waals surface area contributed by atoms with Gasteiger partial charge in [0.15, 0.2) is 5.96 Å². The molecule has 0 aromatic heterocycles. The second kappa shape index (κ2) is 10.3. The van der Waals surface area contributed by atoms with Gasteiger partial charge in [0.1, 0.15) is 0 Å². The molecule has 1 fully saturated rings. The molecule has 1 saturated heterocycles. The molecule has 2 rings (SSSR count). The van der Waals surface area contributed by atoms with Gasteiger partial charge in [-0.05, 0) is 38.7 Å². The molecule has 24 heavy (non-hydrogen) atoms. The van der Waals surface area contributed by atoms with Gasteiger partial charge in [-0.3, -0.25) is 4.99 Å². The second-order valence-electron chi connectivity index (χ2n) is 6.60. The molecule has 4 nitrogen and oxygen atoms in total. The molecule has 0 aliphatic carbocycles. The van der Waals surface area contributed by atoms with Gasteiger partial charge in [-0.2, -0.15) is 0 Å². The Morgan fingerprint density at radius 2 is 2.00 bits per heavy atom. The minimum absolute atomic E-state index is 0.168. The first-order chi connectivity index (χ1) is 11.7. The Morgan fingerprint density at radius 3 is 2.71 bits per heavy atom. The van der Waals surface area contributed by atoms with Crippen molar-refractivity contribution >= 4 is 5.96 Å². The quantitative estimate of drug-likeness (QED) is 0.453. The van der Waals surface area contributed by atoms with Crippen molar-refractivity contribution in [1.82, 2.24) is 10.6 Å². The van der Waals surface area contributed by atoms with Gasteiger partial charge in [-0.1, -0.05) is 43.2 Å². The van der Waals surface area contributed by atoms with E-state index in [9.17, 15) is 0 Å². The topological polar surface area (TPSA) is 45.7 Å². The standard InChI is InChI=1S/C20H33N3O/c1-4-6-13-22-20(21-5-2)23-15-18-8-7-14-24-19(18)17-11-9-16(3)10-12-17/h9-12,18-19H,4-8,13-15H2,1-3H3,(H2,21,22,23). The van der Waals surface area contributed by atoms with Crippen LogP contribution in [0.15, 0.2) is 29.3 Å². The first kappa shape index (κ1) is 18.8. The number of ether oxygens (including phenoxy) is 1. The number of nitrogens with one attached hydrogen (secondary N) is 2. The summed E-state index contributed by atoms with van der Waals surface area (Å²) in [5.41, 5.74) is 2.57. The molecule has 1 aliphatic rings. The highest BCUT2D eigenvalue weighted by molar-refractivity contribution is 5.79. The molecule has 2 unspecified atom stereocenters. The van der Waals surface area contributed by atoms with Gasteiger partial charge in [0, 0.05) is 32.2 Å². The van der Waals surface area contributed by atoms with E-state index < -0.39 is 0 Å². The van der Waals surface area contributed by atoms with E-state index in [2.05, 4.69) is 55.7 Å². The van der Waals surface area contributed by atoms with Crippen molar-refractivity contribution in [2.75, 3.05) is 26.2 Å². The van der Waals surface area contributed by atoms with E-state index in [4.69, 9.17) is 9.73 Å². The summed E-state index contributed by atoms with van der Waals surface area (Å²) in [6.45, 7) is 9.96. The van der Waals surface area contributed by atoms with Crippen LogP contribution in [-0.2, 0) is 4.74 Å². The Labute approximate surface area is 147 Å². The molecular weight excluding hydrogens is 298 g/mol. The molecule has 4 heteroatoms. The van der Waals surface area contributed by atoms with Crippen molar-refractivity contribution in [3.05, 3.63) is 35.4 Å². The summed E-state index contributed by atoms with van der Waals surface area (Å²) >= 11 is 0. The molecule has 0 bridgehead atoms. The van der Waals surface area contributed by atoms with Crippen molar-refractivity contribution in [1.29, 1.82) is 0 Å². The number of guanidine groups is 1. The zero-order valence-corrected chi connectivity index (χ0v) is 15.5. The highest BCUT2D eigenvalue weighted by atomic mass is 16.5. The zero-order valence-electron chi connectivity index (χ0n) is 15.5. The molecule has 1 aromatic carbocycles. The van der Waals surface area contributed by atoms with Crippen molar-refractivity contribution in [3.8, 4) is 0 Å². The number of benzene rings is 1. The Morgan fingerprint density at radius 1 is 1.21 bits per heavy atom. The SMILES string of the molecule is CCCCNC(=NCC1CCCOC1c1ccc(C)cc1)NCC. The van der Waals surface area contributed by atoms with Gasteiger partial charge in [-0.25, -0.2) is 0 Å². The van der Waals surface area contributed by atoms with E-state index in [0.717, 1.165) is 38.6 Å². The fourth-order valence-corrected chi connectivity index (χ4v) is 3.09. The van der Waals surface area contributed by atoms with Gasteiger partial charge in [-0.15, -0.1) is 0 Å². The van der Waals surface area contributed by atoms with E-state index in [-0.39, 0.29) is 6.10 Å². The lowest BCUT2D eigenvalue weighted by Crippen LogP contribution is -2.38. The molecule has 2 N–H and O–H groups in total. The summed E-state index contributed by atoms with van der Waals surface area (Å²) in [6, 6.07) is 8.74. The second-order valence-corrected chi connectivity index (χ2v) is 6.60. The van der Waals surface area contributed by atoms with E-state index in [0.29, 0.717) is 5.92 Å². The van der Waals surface area contributed by atoms with E-state index in [1.807, 2.05) is 0 Å². The molecule has 2 atom stereocenters. The number of aryl methyl sites for hydroxylation is 1. The van der Waals surface area contributed by atoms with Crippen molar-refractivity contribution in [2.24, 2.45) is 10.9 Å². The third-order valence-corrected chi connectivity index (χ3v) is 4.50. The summed E-state index contributed by atoms with van der Waals surface area (Å²) in [4.78, 5) is 4.82. The summed E-state index contributed by atoms with van der Waals surface area (Å²) in [6.07, 6.45) is 4.83. The maximum atomic E-state index is 6.10. The predicted octanol–water partition coefficient (Wildman–Crippen LogP) is 3.82. The average Bonchev–Trinajstić information content (AvgIpc) is 2.61. The lowest BCUT2D eigenvalue weighted by molar-refractivity contribution is -0.0250. The monoisotopic (exact) mass is 331 g/mol. The number of aliphatic imine (C=N–C) groups is 1. The highest BCUT2D eigenvalue weighted by Crippen LogP contribution is 2.33. The molecule has 1 aromatic rings. The third-order valence-electron chi connectivity index (χ3n) is 4.50. The van der Waals surface area contributed by atoms with Crippen LogP contribution >= 0.6 is 0 Å². The summed E-state index contributed by atoms with van der Waals surface area (Å²) < 4.78 is 6.10. The van der Waals surface area contributed by atoms with Crippen LogP contribution in [0.5, 0.6) is 0 Å². The first-order valence-corrected chi connectivity index (χ1v) is 9.45. The Bertz CT molecular complexity index is 498. The zero-order chi connectivity index (χ0) is 17.2. The van der Waals surface area contributed by atoms with Gasteiger partial charge in [0.25, 0.3) is 0 Å². The van der Waals surface area contributed by atoms with Crippen LogP contribution < -0.4 is 10.6 Å². The normalized spacial score (nSPS) is 21.5. The Balaban J connectivity index is 2.00. The van der Waals surface area contributed by atoms with E-state index in [1.165, 1.54) is 30.4 Å². The largest absolute Gasteiger partial charge is 0.373 e. The summed E-state index contributed by atoms with van der Waals surface area (Å²) in [5, 5.41) is 6.76. The minimum atomic E-state index is 0.168. The van der Waals surface area contributed by atoms with Crippen molar-refractivity contribution < 1.29 is 4.74 Å². The summed E-state index contributed by atoms with van der Waals surface area (Å²) in [5.74, 6) is 1.38. The molecule has 1 heterocycles. The van der Waals surface area contributed by atoms with Crippen LogP contribution in [0.3, 0.4) is 0 Å². The molecule has 134 valence electrons. The Hall–Kier alpha value is -1.55. The number of unbranched alkanes of at least 4 members (excludes halogenated alkanes) is 1. The molecule has 0 amide bonds. The minimum Gasteiger partial charge on any atom is -0.373 e. The van der Waals surface area contributed by atoms with Crippen LogP contribution in [-0.4, -0.2) is 32.2 Å². The highest BCUT2D eigenvalue weighted by Gasteiger charge is 2.27. The van der Waals surface area contributed by atoms with Crippen molar-refractivity contribution in [2.45, 2.75) is 52.6 Å². The maximum Gasteiger partial charge on any atom is 0.191 e. The van der Waals surface area contributed by atoms with Gasteiger partial charge in [0.2, 0.25) is 0 Å². The van der Waals surface area contributed by atoms with E-state index in [1.54, 1.807) is 0 Å². The first-order valence-electron chi connectivity index (χ1n) is 9.45. The van der Waals surface area contributed by atoms with Gasteiger partial charge >= 0.3 is 0 Å². The predicted molar refractivity (Wildman–Crippen MR) is 101 cm³/mol. The average molecular weight is 332 g/mol. The molecule has 0 spiro atoms. The number of hydrogen-bond acceptors (Lipinski definition) is 2. The lowest BCUT2D eigenvalue weighted by Gasteiger charge is -2.31. The fraction of sp³-hybridized carbons (Fsp3) is 0.650. The molecular formula is C20H33N3O.